The summed E-state index contributed by atoms with van der Waals surface area (Å²) in [5, 5.41) is 21.3. The summed E-state index contributed by atoms with van der Waals surface area (Å²) >= 11 is 6.72. The second-order valence-electron chi connectivity index (χ2n) is 4.58. The number of anilines is 2. The van der Waals surface area contributed by atoms with Crippen LogP contribution >= 0.6 is 22.9 Å². The zero-order valence-electron chi connectivity index (χ0n) is 12.9. The van der Waals surface area contributed by atoms with Crippen LogP contribution in [0.3, 0.4) is 0 Å². The number of rotatable bonds is 3. The molecule has 3 heterocycles. The number of aromatic carboxylic acids is 1. The first-order chi connectivity index (χ1) is 11.5. The highest BCUT2D eigenvalue weighted by atomic mass is 35.5. The van der Waals surface area contributed by atoms with Crippen LogP contribution in [-0.4, -0.2) is 31.2 Å². The molecule has 2 N–H and O–H groups in total. The lowest BCUT2D eigenvalue weighted by Crippen LogP contribution is -2.01. The summed E-state index contributed by atoms with van der Waals surface area (Å²) in [6.45, 7) is 3.58. The van der Waals surface area contributed by atoms with Crippen molar-refractivity contribution < 1.29 is 9.90 Å². The van der Waals surface area contributed by atoms with Crippen LogP contribution in [0.4, 0.5) is 10.7 Å². The zero-order chi connectivity index (χ0) is 17.5. The largest absolute Gasteiger partial charge is 0.476 e. The quantitative estimate of drug-likeness (QED) is 0.683. The molecular formula is C15H14ClN5O2S. The normalized spacial score (nSPS) is 9.79. The lowest BCUT2D eigenvalue weighted by molar-refractivity contribution is 0.0692. The predicted octanol–water partition coefficient (Wildman–Crippen LogP) is 3.73. The van der Waals surface area contributed by atoms with Gasteiger partial charge in [0.1, 0.15) is 10.2 Å². The van der Waals surface area contributed by atoms with Crippen LogP contribution in [0.5, 0.6) is 0 Å². The monoisotopic (exact) mass is 363 g/mol. The van der Waals surface area contributed by atoms with Crippen molar-refractivity contribution in [1.29, 1.82) is 0 Å². The summed E-state index contributed by atoms with van der Waals surface area (Å²) in [6.07, 6.45) is 3.19. The standard InChI is InChI=1S/C10H10N4O2S.C5H4ClN/c1-5-3-7(4-11-14-5)13-9-8(10(15)16)12-6(2)17-9;6-5-3-1-2-4-7-5/h3-4H,1-2H3,(H,13,14)(H,15,16);1-4H. The Balaban J connectivity index is 0.000000249. The molecule has 3 aromatic heterocycles. The number of hydrogen-bond donors (Lipinski definition) is 2. The van der Waals surface area contributed by atoms with Crippen LogP contribution in [0.25, 0.3) is 0 Å². The minimum Gasteiger partial charge on any atom is -0.476 e. The van der Waals surface area contributed by atoms with Crippen LogP contribution < -0.4 is 5.32 Å². The van der Waals surface area contributed by atoms with Gasteiger partial charge in [-0.05, 0) is 32.0 Å². The number of carboxylic acids is 1. The topological polar surface area (TPSA) is 101 Å². The second-order valence-corrected chi connectivity index (χ2v) is 6.17. The van der Waals surface area contributed by atoms with Gasteiger partial charge in [0.15, 0.2) is 5.69 Å². The molecule has 0 amide bonds. The van der Waals surface area contributed by atoms with E-state index in [2.05, 4.69) is 25.5 Å². The van der Waals surface area contributed by atoms with E-state index in [1.807, 2.05) is 19.1 Å². The van der Waals surface area contributed by atoms with E-state index in [0.717, 1.165) is 5.69 Å². The van der Waals surface area contributed by atoms with Gasteiger partial charge in [-0.3, -0.25) is 0 Å². The predicted molar refractivity (Wildman–Crippen MR) is 93.1 cm³/mol. The minimum atomic E-state index is -1.05. The highest BCUT2D eigenvalue weighted by Crippen LogP contribution is 2.27. The van der Waals surface area contributed by atoms with Crippen molar-refractivity contribution in [3.05, 3.63) is 58.2 Å². The van der Waals surface area contributed by atoms with Crippen molar-refractivity contribution in [1.82, 2.24) is 20.2 Å². The first-order valence-corrected chi connectivity index (χ1v) is 7.98. The van der Waals surface area contributed by atoms with Crippen LogP contribution in [0.2, 0.25) is 5.15 Å². The molecule has 7 nitrogen and oxygen atoms in total. The number of aromatic nitrogens is 4. The molecule has 0 saturated heterocycles. The molecular weight excluding hydrogens is 350 g/mol. The Hall–Kier alpha value is -2.58. The number of nitrogens with one attached hydrogen (secondary N) is 1. The van der Waals surface area contributed by atoms with Gasteiger partial charge in [0.2, 0.25) is 0 Å². The first-order valence-electron chi connectivity index (χ1n) is 6.79. The summed E-state index contributed by atoms with van der Waals surface area (Å²) < 4.78 is 0. The lowest BCUT2D eigenvalue weighted by atomic mass is 10.3. The third-order valence-corrected chi connectivity index (χ3v) is 3.71. The number of nitrogens with zero attached hydrogens (tertiary/aromatic N) is 4. The van der Waals surface area contributed by atoms with Gasteiger partial charge in [-0.15, -0.1) is 11.3 Å². The molecule has 0 fully saturated rings. The molecule has 0 aliphatic carbocycles. The summed E-state index contributed by atoms with van der Waals surface area (Å²) in [6, 6.07) is 7.19. The fraction of sp³-hybridized carbons (Fsp3) is 0.133. The molecule has 0 saturated carbocycles. The van der Waals surface area contributed by atoms with Gasteiger partial charge in [0.25, 0.3) is 0 Å². The van der Waals surface area contributed by atoms with E-state index in [9.17, 15) is 4.79 Å². The number of aryl methyl sites for hydroxylation is 2. The molecule has 0 bridgehead atoms. The summed E-state index contributed by atoms with van der Waals surface area (Å²) in [7, 11) is 0. The van der Waals surface area contributed by atoms with Crippen molar-refractivity contribution in [2.75, 3.05) is 5.32 Å². The minimum absolute atomic E-state index is 0.0296. The van der Waals surface area contributed by atoms with Crippen molar-refractivity contribution in [3.63, 3.8) is 0 Å². The lowest BCUT2D eigenvalue weighted by Gasteiger charge is -2.03. The van der Waals surface area contributed by atoms with E-state index < -0.39 is 5.97 Å². The van der Waals surface area contributed by atoms with Gasteiger partial charge in [-0.25, -0.2) is 14.8 Å². The SMILES string of the molecule is Cc1cc(Nc2sc(C)nc2C(=O)O)cnn1.Clc1ccccn1. The van der Waals surface area contributed by atoms with E-state index in [0.29, 0.717) is 20.8 Å². The average molecular weight is 364 g/mol. The summed E-state index contributed by atoms with van der Waals surface area (Å²) in [5.74, 6) is -1.05. The van der Waals surface area contributed by atoms with Gasteiger partial charge >= 0.3 is 5.97 Å². The highest BCUT2D eigenvalue weighted by Gasteiger charge is 2.16. The number of thiazole rings is 1. The van der Waals surface area contributed by atoms with Crippen LogP contribution in [0.15, 0.2) is 36.7 Å². The second kappa shape index (κ2) is 8.32. The number of carboxylic acid groups (broad SMARTS) is 1. The number of halogens is 1. The van der Waals surface area contributed by atoms with E-state index in [1.165, 1.54) is 17.5 Å². The fourth-order valence-corrected chi connectivity index (χ4v) is 2.63. The maximum Gasteiger partial charge on any atom is 0.357 e. The Morgan fingerprint density at radius 3 is 2.67 bits per heavy atom. The molecule has 0 aliphatic heterocycles. The summed E-state index contributed by atoms with van der Waals surface area (Å²) in [5.41, 5.74) is 1.48. The Kier molecular flexibility index (Phi) is 6.16. The Morgan fingerprint density at radius 2 is 2.12 bits per heavy atom. The Labute approximate surface area is 147 Å². The number of hydrogen-bond acceptors (Lipinski definition) is 7. The van der Waals surface area contributed by atoms with Crippen molar-refractivity contribution in [2.24, 2.45) is 0 Å². The molecule has 0 spiro atoms. The van der Waals surface area contributed by atoms with Gasteiger partial charge in [-0.2, -0.15) is 10.2 Å². The maximum absolute atomic E-state index is 11.0. The van der Waals surface area contributed by atoms with Gasteiger partial charge in [0.05, 0.1) is 22.6 Å². The Morgan fingerprint density at radius 1 is 1.33 bits per heavy atom. The van der Waals surface area contributed by atoms with Gasteiger partial charge < -0.3 is 10.4 Å². The van der Waals surface area contributed by atoms with E-state index in [1.54, 1.807) is 25.3 Å². The first kappa shape index (κ1) is 17.8. The van der Waals surface area contributed by atoms with Crippen LogP contribution in [-0.2, 0) is 0 Å². The molecule has 3 rings (SSSR count). The average Bonchev–Trinajstić information content (AvgIpc) is 2.89. The van der Waals surface area contributed by atoms with E-state index in [-0.39, 0.29) is 5.69 Å². The van der Waals surface area contributed by atoms with E-state index >= 15 is 0 Å². The molecule has 0 unspecified atom stereocenters. The molecule has 3 aromatic rings. The third-order valence-electron chi connectivity index (χ3n) is 2.60. The highest BCUT2D eigenvalue weighted by molar-refractivity contribution is 7.16. The van der Waals surface area contributed by atoms with Crippen LogP contribution in [0.1, 0.15) is 21.2 Å². The molecule has 124 valence electrons. The van der Waals surface area contributed by atoms with Crippen LogP contribution in [0, 0.1) is 13.8 Å². The van der Waals surface area contributed by atoms with Crippen molar-refractivity contribution >= 4 is 39.6 Å². The smallest absolute Gasteiger partial charge is 0.357 e. The number of pyridine rings is 1. The Bertz CT molecular complexity index is 826. The van der Waals surface area contributed by atoms with Gasteiger partial charge in [-0.1, -0.05) is 17.7 Å². The molecule has 0 atom stereocenters. The number of carbonyl (C=O) groups is 1. The van der Waals surface area contributed by atoms with Crippen molar-refractivity contribution in [2.45, 2.75) is 13.8 Å². The van der Waals surface area contributed by atoms with E-state index in [4.69, 9.17) is 16.7 Å². The molecule has 0 aliphatic rings. The summed E-state index contributed by atoms with van der Waals surface area (Å²) in [4.78, 5) is 18.7. The van der Waals surface area contributed by atoms with Crippen molar-refractivity contribution in [3.8, 4) is 0 Å². The zero-order valence-corrected chi connectivity index (χ0v) is 14.5. The van der Waals surface area contributed by atoms with Gasteiger partial charge in [0, 0.05) is 6.20 Å². The maximum atomic E-state index is 11.0. The third kappa shape index (κ3) is 5.25. The molecule has 24 heavy (non-hydrogen) atoms. The fourth-order valence-electron chi connectivity index (χ4n) is 1.67. The molecule has 0 aromatic carbocycles. The molecule has 0 radical (unpaired) electrons. The molecule has 9 heteroatoms.